The summed E-state index contributed by atoms with van der Waals surface area (Å²) in [5.41, 5.74) is 0. The number of hydrogen-bond acceptors (Lipinski definition) is 10. The first-order valence-electron chi connectivity index (χ1n) is 21.2. The molecule has 0 saturated heterocycles. The largest absolute Gasteiger partial charge is 0.481 e. The highest BCUT2D eigenvalue weighted by Gasteiger charge is 2.22. The number of ketones is 3. The minimum atomic E-state index is -1.05. The monoisotopic (exact) mass is 786 g/mol. The molecular weight excluding hydrogens is 710 g/mol. The van der Waals surface area contributed by atoms with Crippen molar-refractivity contribution in [3.8, 4) is 0 Å². The molecule has 13 heteroatoms. The highest BCUT2D eigenvalue weighted by atomic mass is 16.5. The van der Waals surface area contributed by atoms with Gasteiger partial charge in [0.25, 0.3) is 0 Å². The summed E-state index contributed by atoms with van der Waals surface area (Å²) < 4.78 is 21.2. The molecule has 0 radical (unpaired) electrons. The van der Waals surface area contributed by atoms with Crippen LogP contribution in [-0.2, 0) is 47.7 Å². The molecule has 0 rings (SSSR count). The minimum Gasteiger partial charge on any atom is -0.481 e. The lowest BCUT2D eigenvalue weighted by atomic mass is 9.94. The summed E-state index contributed by atoms with van der Waals surface area (Å²) >= 11 is 0. The Labute approximate surface area is 330 Å². The van der Waals surface area contributed by atoms with Crippen LogP contribution in [0.25, 0.3) is 0 Å². The fourth-order valence-corrected chi connectivity index (χ4v) is 6.06. The van der Waals surface area contributed by atoms with Crippen LogP contribution >= 0.6 is 0 Å². The maximum Gasteiger partial charge on any atom is 0.306 e. The van der Waals surface area contributed by atoms with Crippen LogP contribution < -0.4 is 5.32 Å². The van der Waals surface area contributed by atoms with Crippen molar-refractivity contribution in [2.45, 2.75) is 167 Å². The smallest absolute Gasteiger partial charge is 0.306 e. The number of carboxylic acid groups (broad SMARTS) is 2. The Balaban J connectivity index is 3.62. The molecule has 320 valence electrons. The van der Waals surface area contributed by atoms with Crippen LogP contribution in [-0.4, -0.2) is 105 Å². The van der Waals surface area contributed by atoms with E-state index in [1.165, 1.54) is 77.6 Å². The summed E-state index contributed by atoms with van der Waals surface area (Å²) in [6, 6.07) is 0. The Bertz CT molecular complexity index is 1010. The molecule has 0 aromatic heterocycles. The van der Waals surface area contributed by atoms with Crippen molar-refractivity contribution in [3.05, 3.63) is 0 Å². The Hall–Kier alpha value is -2.74. The molecule has 0 spiro atoms. The van der Waals surface area contributed by atoms with Gasteiger partial charge in [-0.2, -0.15) is 0 Å². The second-order valence-electron chi connectivity index (χ2n) is 14.6. The summed E-state index contributed by atoms with van der Waals surface area (Å²) in [7, 11) is 0. The van der Waals surface area contributed by atoms with Crippen LogP contribution in [0.1, 0.15) is 167 Å². The molecule has 0 unspecified atom stereocenters. The Morgan fingerprint density at radius 2 is 0.909 bits per heavy atom. The van der Waals surface area contributed by atoms with Gasteiger partial charge in [0.05, 0.1) is 39.0 Å². The van der Waals surface area contributed by atoms with Gasteiger partial charge in [-0.05, 0) is 32.6 Å². The summed E-state index contributed by atoms with van der Waals surface area (Å²) in [5.74, 6) is -3.04. The van der Waals surface area contributed by atoms with Crippen LogP contribution in [0.2, 0.25) is 0 Å². The Morgan fingerprint density at radius 1 is 0.473 bits per heavy atom. The Morgan fingerprint density at radius 3 is 1.40 bits per heavy atom. The number of Topliss-reactive ketones (excluding diaryl/α,β-unsaturated/α-hetero) is 3. The number of amides is 1. The zero-order valence-electron chi connectivity index (χ0n) is 34.1. The number of unbranched alkanes of at least 4 members (excludes halogenated alkanes) is 17. The molecule has 0 bridgehead atoms. The van der Waals surface area contributed by atoms with Gasteiger partial charge in [-0.1, -0.05) is 103 Å². The van der Waals surface area contributed by atoms with Gasteiger partial charge >= 0.3 is 11.9 Å². The second-order valence-corrected chi connectivity index (χ2v) is 14.6. The molecule has 1 atom stereocenters. The van der Waals surface area contributed by atoms with E-state index >= 15 is 0 Å². The van der Waals surface area contributed by atoms with Gasteiger partial charge in [-0.3, -0.25) is 28.8 Å². The fraction of sp³-hybridized carbons (Fsp3) is 0.857. The van der Waals surface area contributed by atoms with Crippen molar-refractivity contribution in [1.29, 1.82) is 0 Å². The molecule has 0 aliphatic heterocycles. The van der Waals surface area contributed by atoms with Crippen LogP contribution in [0.15, 0.2) is 0 Å². The number of carboxylic acids is 2. The molecule has 0 aliphatic carbocycles. The number of aliphatic carboxylic acids is 2. The van der Waals surface area contributed by atoms with Gasteiger partial charge in [-0.15, -0.1) is 0 Å². The summed E-state index contributed by atoms with van der Waals surface area (Å²) in [5, 5.41) is 20.9. The van der Waals surface area contributed by atoms with Crippen LogP contribution in [0, 0.1) is 5.92 Å². The average Bonchev–Trinajstić information content (AvgIpc) is 3.14. The topological polar surface area (TPSA) is 192 Å². The second kappa shape index (κ2) is 39.5. The van der Waals surface area contributed by atoms with Crippen molar-refractivity contribution in [3.63, 3.8) is 0 Å². The van der Waals surface area contributed by atoms with Gasteiger partial charge in [-0.25, -0.2) is 0 Å². The van der Waals surface area contributed by atoms with E-state index in [0.29, 0.717) is 45.5 Å². The quantitative estimate of drug-likeness (QED) is 0.0518. The molecule has 0 fully saturated rings. The van der Waals surface area contributed by atoms with E-state index in [4.69, 9.17) is 24.1 Å². The van der Waals surface area contributed by atoms with Gasteiger partial charge in [0, 0.05) is 45.3 Å². The highest BCUT2D eigenvalue weighted by Crippen LogP contribution is 2.17. The molecule has 13 nitrogen and oxygen atoms in total. The van der Waals surface area contributed by atoms with Crippen molar-refractivity contribution >= 4 is 35.2 Å². The van der Waals surface area contributed by atoms with Gasteiger partial charge in [0.2, 0.25) is 5.91 Å². The number of rotatable bonds is 44. The lowest BCUT2D eigenvalue weighted by molar-refractivity contribution is -0.144. The van der Waals surface area contributed by atoms with Crippen molar-refractivity contribution in [2.75, 3.05) is 59.4 Å². The molecule has 1 amide bonds. The van der Waals surface area contributed by atoms with E-state index in [1.54, 1.807) is 0 Å². The zero-order chi connectivity index (χ0) is 40.6. The number of carbonyl (C=O) groups is 6. The third kappa shape index (κ3) is 40.7. The number of nitrogens with one attached hydrogen (secondary N) is 1. The maximum atomic E-state index is 12.4. The normalized spacial score (nSPS) is 11.7. The first kappa shape index (κ1) is 52.3. The summed E-state index contributed by atoms with van der Waals surface area (Å²) in [6.45, 7) is 3.66. The lowest BCUT2D eigenvalue weighted by Crippen LogP contribution is -2.29. The van der Waals surface area contributed by atoms with Gasteiger partial charge in [0.15, 0.2) is 11.6 Å². The molecule has 0 aromatic rings. The molecule has 0 saturated carbocycles. The molecule has 0 heterocycles. The predicted molar refractivity (Wildman–Crippen MR) is 211 cm³/mol. The first-order valence-corrected chi connectivity index (χ1v) is 21.2. The van der Waals surface area contributed by atoms with Crippen molar-refractivity contribution < 1.29 is 57.9 Å². The molecule has 0 aromatic carbocycles. The van der Waals surface area contributed by atoms with Crippen molar-refractivity contribution in [2.24, 2.45) is 5.92 Å². The van der Waals surface area contributed by atoms with E-state index in [-0.39, 0.29) is 82.1 Å². The third-order valence-corrected chi connectivity index (χ3v) is 9.26. The van der Waals surface area contributed by atoms with E-state index in [1.807, 2.05) is 0 Å². The van der Waals surface area contributed by atoms with Crippen LogP contribution in [0.4, 0.5) is 0 Å². The lowest BCUT2D eigenvalue weighted by Gasteiger charge is -2.12. The van der Waals surface area contributed by atoms with Crippen LogP contribution in [0.3, 0.4) is 0 Å². The molecular formula is C42H75NO12. The predicted octanol–water partition coefficient (Wildman–Crippen LogP) is 7.43. The highest BCUT2D eigenvalue weighted by molar-refractivity contribution is 5.84. The zero-order valence-corrected chi connectivity index (χ0v) is 34.1. The summed E-state index contributed by atoms with van der Waals surface area (Å²) in [6.07, 6.45) is 22.7. The molecule has 3 N–H and O–H groups in total. The van der Waals surface area contributed by atoms with E-state index in [0.717, 1.165) is 44.9 Å². The first-order chi connectivity index (χ1) is 26.6. The SMILES string of the molecule is CC(=O)COCCOCCCC(=O)COCCOCCNC(=O)CC[C@H](CC(=O)CCCCCCCCCCCCCCCCCCCCC(=O)O)C(=O)O. The van der Waals surface area contributed by atoms with Crippen molar-refractivity contribution in [1.82, 2.24) is 5.32 Å². The van der Waals surface area contributed by atoms with E-state index in [2.05, 4.69) is 5.32 Å². The third-order valence-electron chi connectivity index (χ3n) is 9.26. The standard InChI is InChI=1S/C42H75NO12/c1-36(44)34-54-31-29-52-27-20-22-39(46)35-55-32-30-53-28-26-43-40(47)25-24-37(42(50)51)33-38(45)21-18-16-14-12-10-8-6-4-2-3-5-7-9-11-13-15-17-19-23-41(48)49/h37H,2-35H2,1H3,(H,43,47)(H,48,49)(H,50,51)/t37-/m1/s1. The minimum absolute atomic E-state index is 0.0127. The fourth-order valence-electron chi connectivity index (χ4n) is 6.06. The van der Waals surface area contributed by atoms with Crippen LogP contribution in [0.5, 0.6) is 0 Å². The maximum absolute atomic E-state index is 12.4. The van der Waals surface area contributed by atoms with Gasteiger partial charge in [0.1, 0.15) is 19.0 Å². The summed E-state index contributed by atoms with van der Waals surface area (Å²) in [4.78, 5) is 69.4. The number of ether oxygens (including phenoxy) is 4. The Kier molecular flexibility index (Phi) is 37.5. The molecule has 0 aliphatic rings. The number of carbonyl (C=O) groups excluding carboxylic acids is 4. The van der Waals surface area contributed by atoms with E-state index in [9.17, 15) is 33.9 Å². The average molecular weight is 786 g/mol. The number of hydrogen-bond donors (Lipinski definition) is 3. The van der Waals surface area contributed by atoms with E-state index < -0.39 is 17.9 Å². The molecule has 55 heavy (non-hydrogen) atoms. The van der Waals surface area contributed by atoms with Gasteiger partial charge < -0.3 is 34.5 Å².